The Morgan fingerprint density at radius 1 is 1.11 bits per heavy atom. The van der Waals surface area contributed by atoms with Crippen molar-refractivity contribution >= 4 is 22.0 Å². The molecule has 1 saturated carbocycles. The highest BCUT2D eigenvalue weighted by Gasteiger charge is 2.57. The van der Waals surface area contributed by atoms with Crippen molar-refractivity contribution < 1.29 is 9.57 Å². The lowest BCUT2D eigenvalue weighted by atomic mass is 9.67. The van der Waals surface area contributed by atoms with Crippen molar-refractivity contribution in [2.75, 3.05) is 0 Å². The molecule has 1 aliphatic carbocycles. The number of benzene rings is 2. The van der Waals surface area contributed by atoms with Crippen molar-refractivity contribution in [1.82, 2.24) is 5.06 Å². The van der Waals surface area contributed by atoms with Crippen LogP contribution < -0.4 is 4.74 Å². The van der Waals surface area contributed by atoms with Crippen LogP contribution in [0.2, 0.25) is 0 Å². The largest absolute Gasteiger partial charge is 0.483 e. The van der Waals surface area contributed by atoms with Gasteiger partial charge in [0.1, 0.15) is 11.4 Å². The molecule has 0 N–H and O–H groups in total. The third-order valence-electron chi connectivity index (χ3n) is 6.60. The Balaban J connectivity index is 1.58. The number of rotatable bonds is 2. The van der Waals surface area contributed by atoms with Crippen LogP contribution in [-0.4, -0.2) is 22.3 Å². The van der Waals surface area contributed by atoms with Gasteiger partial charge >= 0.3 is 0 Å². The van der Waals surface area contributed by atoms with E-state index < -0.39 is 0 Å². The lowest BCUT2D eigenvalue weighted by Crippen LogP contribution is -2.52. The van der Waals surface area contributed by atoms with Crippen LogP contribution in [0.3, 0.4) is 0 Å². The van der Waals surface area contributed by atoms with Gasteiger partial charge < -0.3 is 4.74 Å². The molecule has 1 saturated heterocycles. The lowest BCUT2D eigenvalue weighted by molar-refractivity contribution is -0.198. The Bertz CT molecular complexity index is 939. The summed E-state index contributed by atoms with van der Waals surface area (Å²) < 4.78 is 7.66. The minimum Gasteiger partial charge on any atom is -0.483 e. The van der Waals surface area contributed by atoms with Gasteiger partial charge in [0.25, 0.3) is 0 Å². The fraction of sp³-hybridized carbons (Fsp3) is 0.417. The van der Waals surface area contributed by atoms with E-state index in [1.807, 2.05) is 0 Å². The lowest BCUT2D eigenvalue weighted by Gasteiger charge is -2.47. The number of fused-ring (bicyclic) bond motifs is 4. The molecule has 2 fully saturated rings. The van der Waals surface area contributed by atoms with E-state index in [0.29, 0.717) is 5.92 Å². The van der Waals surface area contributed by atoms with Gasteiger partial charge in [-0.2, -0.15) is 5.06 Å². The van der Waals surface area contributed by atoms with Crippen molar-refractivity contribution in [1.29, 1.82) is 0 Å². The molecule has 0 radical (unpaired) electrons. The second kappa shape index (κ2) is 6.45. The van der Waals surface area contributed by atoms with Crippen molar-refractivity contribution in [2.24, 2.45) is 5.92 Å². The summed E-state index contributed by atoms with van der Waals surface area (Å²) in [5.41, 5.74) is 3.30. The molecule has 0 bridgehead atoms. The maximum absolute atomic E-state index is 6.58. The molecule has 4 heteroatoms. The summed E-state index contributed by atoms with van der Waals surface area (Å²) in [6.45, 7) is 7.48. The van der Waals surface area contributed by atoms with Gasteiger partial charge in [0, 0.05) is 22.5 Å². The third kappa shape index (κ3) is 2.94. The molecule has 28 heavy (non-hydrogen) atoms. The summed E-state index contributed by atoms with van der Waals surface area (Å²) >= 11 is 3.60. The van der Waals surface area contributed by atoms with Crippen LogP contribution in [0.25, 0.3) is 6.08 Å². The van der Waals surface area contributed by atoms with E-state index in [2.05, 4.69) is 96.4 Å². The first-order chi connectivity index (χ1) is 13.4. The SMILES string of the molecule is CC1(C)ON(Cc2ccccc2)[C@H]2C3=Cc4cc(Br)ccc4O[C@@]3(C)CC[C@@H]21. The van der Waals surface area contributed by atoms with Crippen LogP contribution in [0.1, 0.15) is 44.7 Å². The highest BCUT2D eigenvalue weighted by Crippen LogP contribution is 2.53. The summed E-state index contributed by atoms with van der Waals surface area (Å²) in [5, 5.41) is 2.20. The molecule has 3 aliphatic rings. The summed E-state index contributed by atoms with van der Waals surface area (Å²) in [6, 6.07) is 17.1. The number of hydroxylamine groups is 2. The van der Waals surface area contributed by atoms with Crippen LogP contribution in [0.5, 0.6) is 5.75 Å². The Morgan fingerprint density at radius 3 is 2.68 bits per heavy atom. The molecule has 2 aliphatic heterocycles. The van der Waals surface area contributed by atoms with E-state index in [0.717, 1.165) is 35.2 Å². The Kier molecular flexibility index (Phi) is 4.24. The molecule has 3 atom stereocenters. The Hall–Kier alpha value is -1.62. The number of hydrogen-bond acceptors (Lipinski definition) is 3. The summed E-state index contributed by atoms with van der Waals surface area (Å²) in [5.74, 6) is 1.42. The summed E-state index contributed by atoms with van der Waals surface area (Å²) in [6.07, 6.45) is 4.47. The zero-order valence-electron chi connectivity index (χ0n) is 16.6. The molecule has 5 rings (SSSR count). The second-order valence-corrected chi connectivity index (χ2v) is 9.88. The van der Waals surface area contributed by atoms with E-state index in [1.54, 1.807) is 0 Å². The van der Waals surface area contributed by atoms with Gasteiger partial charge in [0.2, 0.25) is 0 Å². The molecular weight excluding hydrogens is 414 g/mol. The highest BCUT2D eigenvalue weighted by molar-refractivity contribution is 9.10. The second-order valence-electron chi connectivity index (χ2n) is 8.96. The quantitative estimate of drug-likeness (QED) is 0.573. The standard InChI is InChI=1S/C24H26BrNO2/c1-23(2)19-11-12-24(3)20(14-17-13-18(25)9-10-21(17)27-24)22(19)26(28-23)15-16-7-5-4-6-8-16/h4-10,13-14,19,22H,11-12,15H2,1-3H3/t19-,22+,24-/m0/s1. The molecule has 2 aromatic carbocycles. The molecule has 0 unspecified atom stereocenters. The fourth-order valence-electron chi connectivity index (χ4n) is 5.15. The van der Waals surface area contributed by atoms with E-state index in [9.17, 15) is 0 Å². The van der Waals surface area contributed by atoms with E-state index >= 15 is 0 Å². The first-order valence-corrected chi connectivity index (χ1v) is 10.9. The van der Waals surface area contributed by atoms with Gasteiger partial charge in [-0.15, -0.1) is 0 Å². The maximum Gasteiger partial charge on any atom is 0.129 e. The van der Waals surface area contributed by atoms with Crippen LogP contribution in [0.15, 0.2) is 58.6 Å². The summed E-state index contributed by atoms with van der Waals surface area (Å²) in [4.78, 5) is 6.53. The fourth-order valence-corrected chi connectivity index (χ4v) is 5.53. The van der Waals surface area contributed by atoms with Gasteiger partial charge in [-0.25, -0.2) is 0 Å². The van der Waals surface area contributed by atoms with E-state index in [1.165, 1.54) is 11.1 Å². The topological polar surface area (TPSA) is 21.7 Å². The van der Waals surface area contributed by atoms with Gasteiger partial charge in [0.15, 0.2) is 0 Å². The normalized spacial score (nSPS) is 30.6. The van der Waals surface area contributed by atoms with Crippen LogP contribution >= 0.6 is 15.9 Å². The number of nitrogens with zero attached hydrogens (tertiary/aromatic N) is 1. The zero-order valence-corrected chi connectivity index (χ0v) is 18.2. The highest BCUT2D eigenvalue weighted by atomic mass is 79.9. The van der Waals surface area contributed by atoms with Crippen molar-refractivity contribution in [3.05, 3.63) is 69.7 Å². The first-order valence-electron chi connectivity index (χ1n) is 10.1. The third-order valence-corrected chi connectivity index (χ3v) is 7.09. The summed E-state index contributed by atoms with van der Waals surface area (Å²) in [7, 11) is 0. The molecule has 2 aromatic rings. The van der Waals surface area contributed by atoms with E-state index in [-0.39, 0.29) is 17.2 Å². The number of ether oxygens (including phenoxy) is 1. The van der Waals surface area contributed by atoms with Crippen molar-refractivity contribution in [3.8, 4) is 5.75 Å². The van der Waals surface area contributed by atoms with Crippen LogP contribution in [0, 0.1) is 5.92 Å². The molecule has 0 spiro atoms. The zero-order chi connectivity index (χ0) is 19.5. The molecule has 146 valence electrons. The average molecular weight is 440 g/mol. The van der Waals surface area contributed by atoms with Gasteiger partial charge in [-0.05, 0) is 69.0 Å². The maximum atomic E-state index is 6.58. The smallest absolute Gasteiger partial charge is 0.129 e. The predicted molar refractivity (Wildman–Crippen MR) is 115 cm³/mol. The molecular formula is C24H26BrNO2. The Morgan fingerprint density at radius 2 is 1.89 bits per heavy atom. The molecule has 0 amide bonds. The molecule has 2 heterocycles. The minimum atomic E-state index is -0.277. The minimum absolute atomic E-state index is 0.181. The Labute approximate surface area is 175 Å². The van der Waals surface area contributed by atoms with Gasteiger partial charge in [-0.1, -0.05) is 46.3 Å². The van der Waals surface area contributed by atoms with Crippen molar-refractivity contribution in [3.63, 3.8) is 0 Å². The molecule has 3 nitrogen and oxygen atoms in total. The predicted octanol–water partition coefficient (Wildman–Crippen LogP) is 5.99. The first kappa shape index (κ1) is 18.4. The van der Waals surface area contributed by atoms with Gasteiger partial charge in [-0.3, -0.25) is 4.84 Å². The van der Waals surface area contributed by atoms with E-state index in [4.69, 9.17) is 9.57 Å². The van der Waals surface area contributed by atoms with Crippen LogP contribution in [0.4, 0.5) is 0 Å². The number of halogens is 1. The van der Waals surface area contributed by atoms with Gasteiger partial charge in [0.05, 0.1) is 11.6 Å². The monoisotopic (exact) mass is 439 g/mol. The van der Waals surface area contributed by atoms with Crippen molar-refractivity contribution in [2.45, 2.75) is 57.4 Å². The molecule has 0 aromatic heterocycles. The average Bonchev–Trinajstić information content (AvgIpc) is 2.91. The van der Waals surface area contributed by atoms with Crippen LogP contribution in [-0.2, 0) is 11.4 Å². The number of hydrogen-bond donors (Lipinski definition) is 0.